The fraction of sp³-hybridized carbons (Fsp3) is 0.529. The number of esters is 1. The third-order valence-corrected chi connectivity index (χ3v) is 2.78. The minimum Gasteiger partial charge on any atom is -0.491 e. The second-order valence-electron chi connectivity index (χ2n) is 6.22. The molecule has 1 rings (SSSR count). The molecule has 24 heavy (non-hydrogen) atoms. The molecule has 1 atom stereocenters. The van der Waals surface area contributed by atoms with E-state index in [-0.39, 0.29) is 0 Å². The molecule has 0 fully saturated rings. The molecule has 0 aliphatic carbocycles. The van der Waals surface area contributed by atoms with Crippen molar-refractivity contribution in [2.45, 2.75) is 39.3 Å². The Kier molecular flexibility index (Phi) is 7.51. The van der Waals surface area contributed by atoms with Crippen molar-refractivity contribution in [3.63, 3.8) is 0 Å². The predicted molar refractivity (Wildman–Crippen MR) is 91.3 cm³/mol. The molecule has 0 saturated carbocycles. The van der Waals surface area contributed by atoms with Gasteiger partial charge < -0.3 is 24.8 Å². The van der Waals surface area contributed by atoms with E-state index in [0.717, 1.165) is 0 Å². The molecule has 1 aromatic carbocycles. The van der Waals surface area contributed by atoms with E-state index in [1.54, 1.807) is 59.1 Å². The van der Waals surface area contributed by atoms with Crippen molar-refractivity contribution in [3.8, 4) is 5.75 Å². The first-order chi connectivity index (χ1) is 11.2. The Morgan fingerprint density at radius 1 is 1.12 bits per heavy atom. The average molecular weight is 338 g/mol. The average Bonchev–Trinajstić information content (AvgIpc) is 2.47. The van der Waals surface area contributed by atoms with Crippen LogP contribution in [-0.4, -0.2) is 44.0 Å². The maximum Gasteiger partial charge on any atom is 0.328 e. The van der Waals surface area contributed by atoms with Crippen molar-refractivity contribution in [2.24, 2.45) is 0 Å². The van der Waals surface area contributed by atoms with Gasteiger partial charge in [0.1, 0.15) is 24.0 Å². The summed E-state index contributed by atoms with van der Waals surface area (Å²) >= 11 is 0. The zero-order valence-corrected chi connectivity index (χ0v) is 14.8. The van der Waals surface area contributed by atoms with Crippen LogP contribution in [0.15, 0.2) is 24.3 Å². The smallest absolute Gasteiger partial charge is 0.328 e. The van der Waals surface area contributed by atoms with Crippen LogP contribution in [0.1, 0.15) is 27.7 Å². The van der Waals surface area contributed by atoms with E-state index in [0.29, 0.717) is 24.7 Å². The van der Waals surface area contributed by atoms with Gasteiger partial charge in [0.2, 0.25) is 0 Å². The highest BCUT2D eigenvalue weighted by Gasteiger charge is 2.22. The van der Waals surface area contributed by atoms with Crippen LogP contribution in [0.4, 0.5) is 10.5 Å². The van der Waals surface area contributed by atoms with Gasteiger partial charge in [-0.1, -0.05) is 0 Å². The van der Waals surface area contributed by atoms with Crippen LogP contribution in [0.3, 0.4) is 0 Å². The summed E-state index contributed by atoms with van der Waals surface area (Å²) in [5, 5.41) is 5.18. The van der Waals surface area contributed by atoms with Gasteiger partial charge in [0.25, 0.3) is 0 Å². The Balaban J connectivity index is 2.45. The number of ether oxygens (including phenoxy) is 3. The van der Waals surface area contributed by atoms with Gasteiger partial charge >= 0.3 is 12.0 Å². The number of rotatable bonds is 7. The molecule has 0 spiro atoms. The molecule has 1 unspecified atom stereocenters. The number of hydrogen-bond acceptors (Lipinski definition) is 5. The van der Waals surface area contributed by atoms with Gasteiger partial charge in [0.15, 0.2) is 0 Å². The van der Waals surface area contributed by atoms with Crippen LogP contribution in [0.5, 0.6) is 5.75 Å². The minimum absolute atomic E-state index is 0.456. The third kappa shape index (κ3) is 7.82. The lowest BCUT2D eigenvalue weighted by Crippen LogP contribution is -2.43. The number of urea groups is 1. The lowest BCUT2D eigenvalue weighted by molar-refractivity contribution is -0.156. The van der Waals surface area contributed by atoms with Crippen LogP contribution in [-0.2, 0) is 14.3 Å². The Labute approximate surface area is 142 Å². The highest BCUT2D eigenvalue weighted by molar-refractivity contribution is 5.92. The van der Waals surface area contributed by atoms with E-state index in [1.165, 1.54) is 0 Å². The monoisotopic (exact) mass is 338 g/mol. The maximum atomic E-state index is 11.9. The van der Waals surface area contributed by atoms with Crippen molar-refractivity contribution >= 4 is 17.7 Å². The molecule has 134 valence electrons. The van der Waals surface area contributed by atoms with Gasteiger partial charge in [0.05, 0.1) is 6.61 Å². The van der Waals surface area contributed by atoms with Crippen molar-refractivity contribution in [1.82, 2.24) is 5.32 Å². The molecular weight excluding hydrogens is 312 g/mol. The first kappa shape index (κ1) is 19.8. The standard InChI is InChI=1S/C17H26N2O5/c1-12(15(20)24-17(2,3)4)18-16(21)19-13-6-8-14(9-7-13)23-11-10-22-5/h6-9,12H,10-11H2,1-5H3,(H2,18,19,21). The summed E-state index contributed by atoms with van der Waals surface area (Å²) in [5.74, 6) is 0.194. The number of carbonyl (C=O) groups is 2. The van der Waals surface area contributed by atoms with E-state index in [2.05, 4.69) is 10.6 Å². The molecular formula is C17H26N2O5. The SMILES string of the molecule is COCCOc1ccc(NC(=O)NC(C)C(=O)OC(C)(C)C)cc1. The molecule has 0 saturated heterocycles. The summed E-state index contributed by atoms with van der Waals surface area (Å²) in [7, 11) is 1.60. The predicted octanol–water partition coefficient (Wildman–Crippen LogP) is 2.56. The summed E-state index contributed by atoms with van der Waals surface area (Å²) in [4.78, 5) is 23.7. The number of anilines is 1. The van der Waals surface area contributed by atoms with Gasteiger partial charge in [-0.3, -0.25) is 0 Å². The number of carbonyl (C=O) groups excluding carboxylic acids is 2. The molecule has 2 N–H and O–H groups in total. The van der Waals surface area contributed by atoms with E-state index in [9.17, 15) is 9.59 Å². The summed E-state index contributed by atoms with van der Waals surface area (Å²) in [5.41, 5.74) is -0.00900. The van der Waals surface area contributed by atoms with Gasteiger partial charge in [-0.2, -0.15) is 0 Å². The second-order valence-corrected chi connectivity index (χ2v) is 6.22. The first-order valence-corrected chi connectivity index (χ1v) is 7.73. The zero-order chi connectivity index (χ0) is 18.2. The lowest BCUT2D eigenvalue weighted by Gasteiger charge is -2.22. The Hall–Kier alpha value is -2.28. The Morgan fingerprint density at radius 3 is 2.29 bits per heavy atom. The topological polar surface area (TPSA) is 85.9 Å². The molecule has 2 amide bonds. The zero-order valence-electron chi connectivity index (χ0n) is 14.8. The van der Waals surface area contributed by atoms with Crippen LogP contribution in [0.25, 0.3) is 0 Å². The summed E-state index contributed by atoms with van der Waals surface area (Å²) in [6, 6.07) is 5.66. The number of amides is 2. The van der Waals surface area contributed by atoms with Gasteiger partial charge in [0, 0.05) is 12.8 Å². The molecule has 0 aliphatic heterocycles. The lowest BCUT2D eigenvalue weighted by atomic mass is 10.2. The normalized spacial score (nSPS) is 12.2. The summed E-state index contributed by atoms with van der Waals surface area (Å²) < 4.78 is 15.5. The van der Waals surface area contributed by atoms with E-state index < -0.39 is 23.6 Å². The molecule has 7 nitrogen and oxygen atoms in total. The van der Waals surface area contributed by atoms with Crippen molar-refractivity contribution in [2.75, 3.05) is 25.6 Å². The van der Waals surface area contributed by atoms with Crippen LogP contribution >= 0.6 is 0 Å². The van der Waals surface area contributed by atoms with Gasteiger partial charge in [-0.15, -0.1) is 0 Å². The largest absolute Gasteiger partial charge is 0.491 e. The molecule has 7 heteroatoms. The van der Waals surface area contributed by atoms with Crippen molar-refractivity contribution < 1.29 is 23.8 Å². The molecule has 0 heterocycles. The maximum absolute atomic E-state index is 11.9. The molecule has 1 aromatic rings. The van der Waals surface area contributed by atoms with E-state index >= 15 is 0 Å². The number of benzene rings is 1. The fourth-order valence-corrected chi connectivity index (χ4v) is 1.69. The van der Waals surface area contributed by atoms with Crippen molar-refractivity contribution in [3.05, 3.63) is 24.3 Å². The fourth-order valence-electron chi connectivity index (χ4n) is 1.69. The minimum atomic E-state index is -0.749. The molecule has 0 aliphatic rings. The molecule has 0 bridgehead atoms. The molecule has 0 radical (unpaired) electrons. The quantitative estimate of drug-likeness (QED) is 0.589. The number of methoxy groups -OCH3 is 1. The van der Waals surface area contributed by atoms with Crippen LogP contribution in [0.2, 0.25) is 0 Å². The highest BCUT2D eigenvalue weighted by Crippen LogP contribution is 2.15. The summed E-state index contributed by atoms with van der Waals surface area (Å²) in [6.45, 7) is 7.85. The first-order valence-electron chi connectivity index (χ1n) is 7.73. The van der Waals surface area contributed by atoms with Crippen LogP contribution < -0.4 is 15.4 Å². The van der Waals surface area contributed by atoms with E-state index in [4.69, 9.17) is 14.2 Å². The van der Waals surface area contributed by atoms with Crippen LogP contribution in [0, 0.1) is 0 Å². The second kappa shape index (κ2) is 9.12. The summed E-state index contributed by atoms with van der Waals surface area (Å²) in [6.07, 6.45) is 0. The molecule has 0 aromatic heterocycles. The van der Waals surface area contributed by atoms with Gasteiger partial charge in [-0.25, -0.2) is 9.59 Å². The highest BCUT2D eigenvalue weighted by atomic mass is 16.6. The van der Waals surface area contributed by atoms with Crippen molar-refractivity contribution in [1.29, 1.82) is 0 Å². The number of hydrogen-bond donors (Lipinski definition) is 2. The number of nitrogens with one attached hydrogen (secondary N) is 2. The Morgan fingerprint density at radius 2 is 1.75 bits per heavy atom. The van der Waals surface area contributed by atoms with Gasteiger partial charge in [-0.05, 0) is 52.0 Å². The van der Waals surface area contributed by atoms with E-state index in [1.807, 2.05) is 0 Å². The third-order valence-electron chi connectivity index (χ3n) is 2.78. The Bertz CT molecular complexity index is 537.